The molecule has 7 nitrogen and oxygen atoms in total. The molecule has 2 aromatic rings. The average molecular weight is 359 g/mol. The van der Waals surface area contributed by atoms with Crippen LogP contribution in [0.5, 0.6) is 0 Å². The van der Waals surface area contributed by atoms with E-state index in [1.54, 1.807) is 0 Å². The van der Waals surface area contributed by atoms with Crippen molar-refractivity contribution in [3.63, 3.8) is 0 Å². The average Bonchev–Trinajstić information content (AvgIpc) is 2.97. The van der Waals surface area contributed by atoms with Gasteiger partial charge >= 0.3 is 0 Å². The quantitative estimate of drug-likeness (QED) is 0.689. The van der Waals surface area contributed by atoms with Crippen molar-refractivity contribution in [2.24, 2.45) is 0 Å². The minimum atomic E-state index is -3.30. The van der Waals surface area contributed by atoms with E-state index in [1.807, 2.05) is 4.90 Å². The lowest BCUT2D eigenvalue weighted by Gasteiger charge is -2.26. The highest BCUT2D eigenvalue weighted by Gasteiger charge is 2.24. The monoisotopic (exact) mass is 359 g/mol. The maximum atomic E-state index is 14.0. The number of morpholine rings is 1. The number of hydrogen-bond donors (Lipinski definition) is 3. The van der Waals surface area contributed by atoms with Crippen LogP contribution in [0.25, 0.3) is 10.9 Å². The fraction of sp³-hybridized carbons (Fsp3) is 0.357. The van der Waals surface area contributed by atoms with Crippen molar-refractivity contribution >= 4 is 27.5 Å². The van der Waals surface area contributed by atoms with Crippen molar-refractivity contribution in [2.75, 3.05) is 33.0 Å². The molecular formula is C14H15F2N3O4S. The molecule has 2 N–H and O–H groups in total. The molecule has 0 spiro atoms. The van der Waals surface area contributed by atoms with Crippen molar-refractivity contribution in [2.45, 2.75) is 4.90 Å². The third-order valence-electron chi connectivity index (χ3n) is 3.80. The van der Waals surface area contributed by atoms with Crippen molar-refractivity contribution < 1.29 is 26.7 Å². The maximum absolute atomic E-state index is 14.0. The molecule has 0 aliphatic carbocycles. The predicted octanol–water partition coefficient (Wildman–Crippen LogP) is 0.436. The Hall–Kier alpha value is -2.04. The van der Waals surface area contributed by atoms with Crippen LogP contribution < -0.4 is 5.32 Å². The summed E-state index contributed by atoms with van der Waals surface area (Å²) in [6.07, 6.45) is 0. The summed E-state index contributed by atoms with van der Waals surface area (Å²) in [4.78, 5) is 16.2. The first-order valence-electron chi connectivity index (χ1n) is 7.21. The Kier molecular flexibility index (Phi) is 4.78. The van der Waals surface area contributed by atoms with Gasteiger partial charge in [0, 0.05) is 13.1 Å². The molecule has 1 amide bonds. The molecule has 1 aliphatic heterocycles. The number of hydrogen-bond acceptors (Lipinski definition) is 5. The second-order valence-electron chi connectivity index (χ2n) is 5.28. The highest BCUT2D eigenvalue weighted by atomic mass is 32.2. The standard InChI is InChI=1S/C14H15F2N3O4S/c15-8-1-2-9-10(11(8)16)13(24(21)22)12(18-9)14(20)17-7-19-3-5-23-6-4-19/h1-2,18,24H,3-7H2,(H,17,20). The molecule has 3 rings (SSSR count). The summed E-state index contributed by atoms with van der Waals surface area (Å²) in [6, 6.07) is 2.06. The van der Waals surface area contributed by atoms with Gasteiger partial charge in [0.1, 0.15) is 10.6 Å². The van der Waals surface area contributed by atoms with Crippen LogP contribution in [0.4, 0.5) is 8.78 Å². The number of amides is 1. The van der Waals surface area contributed by atoms with Gasteiger partial charge in [-0.05, 0) is 12.1 Å². The fourth-order valence-electron chi connectivity index (χ4n) is 2.58. The Labute approximate surface area is 137 Å². The largest absolute Gasteiger partial charge is 0.379 e. The number of H-pyrrole nitrogens is 1. The SMILES string of the molecule is O=C(NCN1CCOCC1)c1[nH]c2ccc(F)c(F)c2c1[SH](=O)=O. The third kappa shape index (κ3) is 3.12. The van der Waals surface area contributed by atoms with Gasteiger partial charge in [-0.2, -0.15) is 0 Å². The molecule has 1 aromatic carbocycles. The van der Waals surface area contributed by atoms with Crippen LogP contribution in [0.3, 0.4) is 0 Å². The molecule has 10 heteroatoms. The van der Waals surface area contributed by atoms with Gasteiger partial charge in [-0.15, -0.1) is 0 Å². The lowest BCUT2D eigenvalue weighted by atomic mass is 10.2. The van der Waals surface area contributed by atoms with E-state index in [1.165, 1.54) is 6.07 Å². The number of nitrogens with one attached hydrogen (secondary N) is 2. The summed E-state index contributed by atoms with van der Waals surface area (Å²) in [7, 11) is -3.30. The van der Waals surface area contributed by atoms with E-state index in [4.69, 9.17) is 4.74 Å². The van der Waals surface area contributed by atoms with E-state index < -0.39 is 38.5 Å². The zero-order chi connectivity index (χ0) is 17.3. The van der Waals surface area contributed by atoms with Crippen molar-refractivity contribution in [3.05, 3.63) is 29.5 Å². The number of carbonyl (C=O) groups is 1. The molecule has 130 valence electrons. The molecule has 2 heterocycles. The summed E-state index contributed by atoms with van der Waals surface area (Å²) in [5.74, 6) is -3.18. The maximum Gasteiger partial charge on any atom is 0.270 e. The molecule has 1 aliphatic rings. The minimum Gasteiger partial charge on any atom is -0.379 e. The van der Waals surface area contributed by atoms with E-state index >= 15 is 0 Å². The lowest BCUT2D eigenvalue weighted by molar-refractivity contribution is 0.0334. The van der Waals surface area contributed by atoms with Gasteiger partial charge in [0.25, 0.3) is 5.91 Å². The fourth-order valence-corrected chi connectivity index (χ4v) is 3.32. The lowest BCUT2D eigenvalue weighted by Crippen LogP contribution is -2.43. The minimum absolute atomic E-state index is 0.0413. The molecule has 0 saturated carbocycles. The number of carbonyl (C=O) groups excluding carboxylic acids is 1. The van der Waals surface area contributed by atoms with Gasteiger partial charge in [-0.25, -0.2) is 17.2 Å². The summed E-state index contributed by atoms with van der Waals surface area (Å²) in [5.41, 5.74) is -0.265. The van der Waals surface area contributed by atoms with Crippen LogP contribution in [-0.4, -0.2) is 57.2 Å². The van der Waals surface area contributed by atoms with Gasteiger partial charge in [0.05, 0.1) is 30.8 Å². The molecule has 1 fully saturated rings. The van der Waals surface area contributed by atoms with Gasteiger partial charge in [-0.1, -0.05) is 0 Å². The number of aromatic nitrogens is 1. The first-order chi connectivity index (χ1) is 11.5. The first-order valence-corrected chi connectivity index (χ1v) is 8.39. The van der Waals surface area contributed by atoms with Crippen LogP contribution >= 0.6 is 0 Å². The van der Waals surface area contributed by atoms with Crippen LogP contribution in [0.15, 0.2) is 17.0 Å². The molecule has 0 bridgehead atoms. The Morgan fingerprint density at radius 3 is 2.67 bits per heavy atom. The smallest absolute Gasteiger partial charge is 0.270 e. The Morgan fingerprint density at radius 2 is 2.00 bits per heavy atom. The first kappa shape index (κ1) is 16.8. The predicted molar refractivity (Wildman–Crippen MR) is 81.5 cm³/mol. The van der Waals surface area contributed by atoms with Crippen molar-refractivity contribution in [3.8, 4) is 0 Å². The third-order valence-corrected chi connectivity index (χ3v) is 4.62. The second-order valence-corrected chi connectivity index (χ2v) is 6.25. The normalized spacial score (nSPS) is 16.0. The summed E-state index contributed by atoms with van der Waals surface area (Å²) in [6.45, 7) is 2.56. The Balaban J connectivity index is 1.92. The number of benzene rings is 1. The van der Waals surface area contributed by atoms with Crippen LogP contribution in [-0.2, 0) is 15.4 Å². The van der Waals surface area contributed by atoms with Gasteiger partial charge in [-0.3, -0.25) is 9.69 Å². The van der Waals surface area contributed by atoms with Gasteiger partial charge in [0.15, 0.2) is 22.3 Å². The number of thiol groups is 1. The van der Waals surface area contributed by atoms with E-state index in [-0.39, 0.29) is 17.9 Å². The Morgan fingerprint density at radius 1 is 1.29 bits per heavy atom. The Bertz CT molecular complexity index is 851. The van der Waals surface area contributed by atoms with Crippen LogP contribution in [0.1, 0.15) is 10.5 Å². The molecule has 1 saturated heterocycles. The van der Waals surface area contributed by atoms with Crippen molar-refractivity contribution in [1.29, 1.82) is 0 Å². The number of nitrogens with zero attached hydrogens (tertiary/aromatic N) is 1. The van der Waals surface area contributed by atoms with Gasteiger partial charge in [0.2, 0.25) is 0 Å². The zero-order valence-corrected chi connectivity index (χ0v) is 13.4. The number of aromatic amines is 1. The van der Waals surface area contributed by atoms with E-state index in [2.05, 4.69) is 10.3 Å². The summed E-state index contributed by atoms with van der Waals surface area (Å²) < 4.78 is 55.5. The number of fused-ring (bicyclic) bond motifs is 1. The summed E-state index contributed by atoms with van der Waals surface area (Å²) >= 11 is 0. The van der Waals surface area contributed by atoms with Crippen LogP contribution in [0, 0.1) is 11.6 Å². The highest BCUT2D eigenvalue weighted by molar-refractivity contribution is 7.72. The molecule has 0 unspecified atom stereocenters. The zero-order valence-electron chi connectivity index (χ0n) is 12.5. The van der Waals surface area contributed by atoms with E-state index in [0.29, 0.717) is 26.3 Å². The topological polar surface area (TPSA) is 91.5 Å². The second kappa shape index (κ2) is 6.83. The summed E-state index contributed by atoms with van der Waals surface area (Å²) in [5, 5.41) is 2.13. The molecule has 0 radical (unpaired) electrons. The van der Waals surface area contributed by atoms with E-state index in [0.717, 1.165) is 6.07 Å². The number of rotatable bonds is 4. The number of halogens is 2. The van der Waals surface area contributed by atoms with E-state index in [9.17, 15) is 22.0 Å². The molecule has 0 atom stereocenters. The highest BCUT2D eigenvalue weighted by Crippen LogP contribution is 2.28. The van der Waals surface area contributed by atoms with Gasteiger partial charge < -0.3 is 15.0 Å². The molecular weight excluding hydrogens is 344 g/mol. The molecule has 1 aromatic heterocycles. The molecule has 24 heavy (non-hydrogen) atoms. The van der Waals surface area contributed by atoms with Crippen LogP contribution in [0.2, 0.25) is 0 Å². The van der Waals surface area contributed by atoms with Crippen molar-refractivity contribution in [1.82, 2.24) is 15.2 Å². The number of ether oxygens (including phenoxy) is 1.